The Balaban J connectivity index is 0.000000921. The van der Waals surface area contributed by atoms with Crippen LogP contribution in [0.4, 0.5) is 0 Å². The Labute approximate surface area is 95.6 Å². The molecule has 1 aliphatic rings. The molecule has 1 heterocycles. The second-order valence-corrected chi connectivity index (χ2v) is 3.94. The van der Waals surface area contributed by atoms with Crippen molar-refractivity contribution in [1.29, 1.82) is 0 Å². The normalized spacial score (nSPS) is 18.4. The maximum absolute atomic E-state index is 5.68. The van der Waals surface area contributed by atoms with Gasteiger partial charge < -0.3 is 4.90 Å². The minimum absolute atomic E-state index is 1.04. The largest absolute Gasteiger partial charge is 0.301 e. The Morgan fingerprint density at radius 2 is 1.53 bits per heavy atom. The van der Waals surface area contributed by atoms with Gasteiger partial charge in [-0.25, -0.2) is 5.01 Å². The van der Waals surface area contributed by atoms with Crippen LogP contribution in [-0.4, -0.2) is 42.6 Å². The fourth-order valence-electron chi connectivity index (χ4n) is 1.75. The lowest BCUT2D eigenvalue weighted by Gasteiger charge is -2.31. The van der Waals surface area contributed by atoms with E-state index < -0.39 is 0 Å². The molecule has 0 unspecified atom stereocenters. The van der Waals surface area contributed by atoms with Crippen molar-refractivity contribution in [3.63, 3.8) is 0 Å². The van der Waals surface area contributed by atoms with Gasteiger partial charge in [0.25, 0.3) is 0 Å². The van der Waals surface area contributed by atoms with Gasteiger partial charge >= 0.3 is 0 Å². The standard InChI is InChI=1S/C10H23N3.C2H6/c1-2-3-4-5-6-12-7-9-13(11)10-8-12;1-2/h2-11H2,1H3;1-2H3. The van der Waals surface area contributed by atoms with Crippen LogP contribution in [-0.2, 0) is 0 Å². The van der Waals surface area contributed by atoms with Crippen molar-refractivity contribution < 1.29 is 0 Å². The van der Waals surface area contributed by atoms with Crippen LogP contribution < -0.4 is 5.84 Å². The Morgan fingerprint density at radius 3 is 2.07 bits per heavy atom. The zero-order valence-electron chi connectivity index (χ0n) is 10.8. The first-order valence-electron chi connectivity index (χ1n) is 6.55. The van der Waals surface area contributed by atoms with E-state index in [9.17, 15) is 0 Å². The molecular formula is C12H29N3. The minimum atomic E-state index is 1.04. The molecule has 0 aromatic carbocycles. The lowest BCUT2D eigenvalue weighted by atomic mass is 10.2. The molecule has 1 fully saturated rings. The van der Waals surface area contributed by atoms with E-state index in [4.69, 9.17) is 5.84 Å². The van der Waals surface area contributed by atoms with E-state index in [2.05, 4.69) is 11.8 Å². The molecular weight excluding hydrogens is 186 g/mol. The molecule has 1 rings (SSSR count). The summed E-state index contributed by atoms with van der Waals surface area (Å²) in [6.07, 6.45) is 5.46. The molecule has 0 aromatic rings. The molecule has 1 aliphatic heterocycles. The topological polar surface area (TPSA) is 32.5 Å². The summed E-state index contributed by atoms with van der Waals surface area (Å²) in [5.41, 5.74) is 0. The highest BCUT2D eigenvalue weighted by Gasteiger charge is 2.12. The molecule has 3 heteroatoms. The number of unbranched alkanes of at least 4 members (excludes halogenated alkanes) is 3. The Kier molecular flexibility index (Phi) is 10.3. The molecule has 0 aliphatic carbocycles. The number of nitrogens with two attached hydrogens (primary N) is 1. The lowest BCUT2D eigenvalue weighted by molar-refractivity contribution is 0.132. The Bertz CT molecular complexity index is 120. The summed E-state index contributed by atoms with van der Waals surface area (Å²) >= 11 is 0. The van der Waals surface area contributed by atoms with Gasteiger partial charge in [-0.05, 0) is 13.0 Å². The van der Waals surface area contributed by atoms with Crippen LogP contribution in [0.1, 0.15) is 46.5 Å². The van der Waals surface area contributed by atoms with E-state index in [0.29, 0.717) is 0 Å². The van der Waals surface area contributed by atoms with Crippen molar-refractivity contribution in [2.24, 2.45) is 5.84 Å². The third-order valence-electron chi connectivity index (χ3n) is 2.73. The smallest absolute Gasteiger partial charge is 0.0257 e. The molecule has 0 saturated carbocycles. The molecule has 3 nitrogen and oxygen atoms in total. The first-order chi connectivity index (χ1) is 7.33. The molecule has 2 N–H and O–H groups in total. The zero-order chi connectivity index (χ0) is 11.5. The van der Waals surface area contributed by atoms with E-state index >= 15 is 0 Å². The minimum Gasteiger partial charge on any atom is -0.301 e. The van der Waals surface area contributed by atoms with Crippen LogP contribution in [0.15, 0.2) is 0 Å². The number of rotatable bonds is 5. The Hall–Kier alpha value is -0.120. The van der Waals surface area contributed by atoms with Gasteiger partial charge in [-0.15, -0.1) is 0 Å². The summed E-state index contributed by atoms with van der Waals surface area (Å²) in [6, 6.07) is 0. The molecule has 0 atom stereocenters. The van der Waals surface area contributed by atoms with Gasteiger partial charge in [0.15, 0.2) is 0 Å². The summed E-state index contributed by atoms with van der Waals surface area (Å²) in [5, 5.41) is 1.92. The zero-order valence-corrected chi connectivity index (χ0v) is 10.8. The first-order valence-corrected chi connectivity index (χ1v) is 6.55. The molecule has 92 valence electrons. The van der Waals surface area contributed by atoms with Crippen LogP contribution in [0, 0.1) is 0 Å². The second kappa shape index (κ2) is 10.4. The van der Waals surface area contributed by atoms with Gasteiger partial charge in [0, 0.05) is 26.2 Å². The van der Waals surface area contributed by atoms with Gasteiger partial charge in [-0.3, -0.25) is 5.84 Å². The van der Waals surface area contributed by atoms with Gasteiger partial charge in [0.05, 0.1) is 0 Å². The third kappa shape index (κ3) is 7.77. The van der Waals surface area contributed by atoms with Gasteiger partial charge in [-0.1, -0.05) is 40.0 Å². The monoisotopic (exact) mass is 215 g/mol. The predicted molar refractivity (Wildman–Crippen MR) is 67.7 cm³/mol. The van der Waals surface area contributed by atoms with E-state index in [1.807, 2.05) is 18.9 Å². The van der Waals surface area contributed by atoms with Crippen molar-refractivity contribution in [2.45, 2.75) is 46.5 Å². The van der Waals surface area contributed by atoms with Crippen molar-refractivity contribution >= 4 is 0 Å². The average Bonchev–Trinajstić information content (AvgIpc) is 2.30. The van der Waals surface area contributed by atoms with Gasteiger partial charge in [0.1, 0.15) is 0 Å². The van der Waals surface area contributed by atoms with Crippen molar-refractivity contribution in [2.75, 3.05) is 32.7 Å². The van der Waals surface area contributed by atoms with E-state index in [-0.39, 0.29) is 0 Å². The summed E-state index contributed by atoms with van der Waals surface area (Å²) in [5.74, 6) is 5.68. The lowest BCUT2D eigenvalue weighted by Crippen LogP contribution is -2.49. The summed E-state index contributed by atoms with van der Waals surface area (Å²) < 4.78 is 0. The van der Waals surface area contributed by atoms with E-state index in [0.717, 1.165) is 26.2 Å². The van der Waals surface area contributed by atoms with E-state index in [1.54, 1.807) is 0 Å². The molecule has 0 radical (unpaired) electrons. The van der Waals surface area contributed by atoms with Crippen LogP contribution in [0.3, 0.4) is 0 Å². The predicted octanol–water partition coefficient (Wildman–Crippen LogP) is 2.08. The van der Waals surface area contributed by atoms with Crippen molar-refractivity contribution in [3.05, 3.63) is 0 Å². The molecule has 0 aromatic heterocycles. The van der Waals surface area contributed by atoms with Crippen molar-refractivity contribution in [3.8, 4) is 0 Å². The van der Waals surface area contributed by atoms with Gasteiger partial charge in [-0.2, -0.15) is 0 Å². The number of hydrazine groups is 1. The summed E-state index contributed by atoms with van der Waals surface area (Å²) in [6.45, 7) is 11.9. The molecule has 0 amide bonds. The number of hydrogen-bond donors (Lipinski definition) is 1. The highest BCUT2D eigenvalue weighted by Crippen LogP contribution is 2.03. The maximum atomic E-state index is 5.68. The van der Waals surface area contributed by atoms with Crippen LogP contribution >= 0.6 is 0 Å². The van der Waals surface area contributed by atoms with Crippen LogP contribution in [0.2, 0.25) is 0 Å². The fraction of sp³-hybridized carbons (Fsp3) is 1.00. The third-order valence-corrected chi connectivity index (χ3v) is 2.73. The number of nitrogens with zero attached hydrogens (tertiary/aromatic N) is 2. The SMILES string of the molecule is CC.CCCCCCN1CCN(N)CC1. The van der Waals surface area contributed by atoms with Crippen LogP contribution in [0.5, 0.6) is 0 Å². The van der Waals surface area contributed by atoms with Gasteiger partial charge in [0.2, 0.25) is 0 Å². The molecule has 0 bridgehead atoms. The quantitative estimate of drug-likeness (QED) is 0.563. The second-order valence-electron chi connectivity index (χ2n) is 3.94. The summed E-state index contributed by atoms with van der Waals surface area (Å²) in [7, 11) is 0. The molecule has 1 saturated heterocycles. The van der Waals surface area contributed by atoms with Crippen molar-refractivity contribution in [1.82, 2.24) is 9.91 Å². The average molecular weight is 215 g/mol. The Morgan fingerprint density at radius 1 is 0.933 bits per heavy atom. The van der Waals surface area contributed by atoms with E-state index in [1.165, 1.54) is 32.2 Å². The summed E-state index contributed by atoms with van der Waals surface area (Å²) in [4.78, 5) is 2.53. The molecule has 15 heavy (non-hydrogen) atoms. The maximum Gasteiger partial charge on any atom is 0.0257 e. The highest BCUT2D eigenvalue weighted by molar-refractivity contribution is 4.67. The molecule has 0 spiro atoms. The number of piperazine rings is 1. The highest BCUT2D eigenvalue weighted by atomic mass is 15.4. The first kappa shape index (κ1) is 14.9. The number of hydrogen-bond acceptors (Lipinski definition) is 3. The van der Waals surface area contributed by atoms with Crippen LogP contribution in [0.25, 0.3) is 0 Å². The fourth-order valence-corrected chi connectivity index (χ4v) is 1.75.